The Bertz CT molecular complexity index is 1350. The van der Waals surface area contributed by atoms with Crippen LogP contribution < -0.4 is 32.1 Å². The smallest absolute Gasteiger partial charge is 0.330 e. The molecule has 2 aromatic carbocycles. The Balaban J connectivity index is 1.65. The van der Waals surface area contributed by atoms with Crippen molar-refractivity contribution in [2.24, 2.45) is 0 Å². The lowest BCUT2D eigenvalue weighted by molar-refractivity contribution is -0.118. The number of likely N-dealkylation sites (N-methyl/N-ethyl adjacent to an activating group) is 1. The Morgan fingerprint density at radius 3 is 2.50 bits per heavy atom. The van der Waals surface area contributed by atoms with Crippen molar-refractivity contribution >= 4 is 34.7 Å². The fraction of sp³-hybridized carbons (Fsp3) is 0.250. The normalized spacial score (nSPS) is 15.3. The monoisotopic (exact) mass is 462 g/mol. The second-order valence-corrected chi connectivity index (χ2v) is 8.30. The molecule has 3 aromatic rings. The Morgan fingerprint density at radius 2 is 1.76 bits per heavy atom. The van der Waals surface area contributed by atoms with E-state index in [0.29, 0.717) is 11.4 Å². The molecular weight excluding hydrogens is 436 g/mol. The summed E-state index contributed by atoms with van der Waals surface area (Å²) in [6.07, 6.45) is 0.134. The molecular formula is C24H26N6O4. The molecule has 0 spiro atoms. The first-order valence-corrected chi connectivity index (χ1v) is 10.8. The van der Waals surface area contributed by atoms with E-state index in [4.69, 9.17) is 5.73 Å². The van der Waals surface area contributed by atoms with E-state index in [-0.39, 0.29) is 42.8 Å². The number of nitrogen functional groups attached to an aromatic ring is 1. The lowest BCUT2D eigenvalue weighted by Crippen LogP contribution is -2.46. The summed E-state index contributed by atoms with van der Waals surface area (Å²) in [5.41, 5.74) is 6.93. The van der Waals surface area contributed by atoms with Crippen molar-refractivity contribution in [1.29, 1.82) is 0 Å². The first-order valence-electron chi connectivity index (χ1n) is 10.8. The van der Waals surface area contributed by atoms with Crippen molar-refractivity contribution in [3.63, 3.8) is 0 Å². The van der Waals surface area contributed by atoms with Crippen molar-refractivity contribution < 1.29 is 9.59 Å². The lowest BCUT2D eigenvalue weighted by Gasteiger charge is -2.30. The molecule has 10 heteroatoms. The summed E-state index contributed by atoms with van der Waals surface area (Å²) in [7, 11) is 1.56. The van der Waals surface area contributed by atoms with E-state index in [1.54, 1.807) is 43.1 Å². The van der Waals surface area contributed by atoms with Gasteiger partial charge in [0.05, 0.1) is 24.5 Å². The summed E-state index contributed by atoms with van der Waals surface area (Å²) in [6.45, 7) is 1.77. The predicted molar refractivity (Wildman–Crippen MR) is 131 cm³/mol. The Labute approximate surface area is 195 Å². The van der Waals surface area contributed by atoms with Gasteiger partial charge < -0.3 is 20.9 Å². The number of nitrogens with two attached hydrogens (primary N) is 1. The number of fused-ring (bicyclic) bond motifs is 1. The number of aromatic amines is 1. The van der Waals surface area contributed by atoms with Crippen molar-refractivity contribution in [1.82, 2.24) is 9.55 Å². The number of rotatable bonds is 5. The zero-order valence-electron chi connectivity index (χ0n) is 18.9. The number of carbonyl (C=O) groups is 2. The number of benzene rings is 2. The van der Waals surface area contributed by atoms with Gasteiger partial charge in [-0.25, -0.2) is 4.79 Å². The van der Waals surface area contributed by atoms with E-state index in [1.165, 1.54) is 9.47 Å². The number of para-hydroxylation sites is 2. The number of H-pyrrole nitrogens is 1. The Kier molecular flexibility index (Phi) is 6.22. The van der Waals surface area contributed by atoms with Crippen LogP contribution in [0, 0.1) is 0 Å². The van der Waals surface area contributed by atoms with E-state index >= 15 is 0 Å². The molecule has 0 fully saturated rings. The molecule has 10 nitrogen and oxygen atoms in total. The quantitative estimate of drug-likeness (QED) is 0.524. The van der Waals surface area contributed by atoms with Gasteiger partial charge in [0.15, 0.2) is 0 Å². The van der Waals surface area contributed by atoms with E-state index in [9.17, 15) is 19.2 Å². The number of nitrogens with one attached hydrogen (secondary N) is 2. The van der Waals surface area contributed by atoms with Crippen molar-refractivity contribution in [2.45, 2.75) is 25.9 Å². The molecule has 4 N–H and O–H groups in total. The van der Waals surface area contributed by atoms with Crippen LogP contribution in [0.1, 0.15) is 18.9 Å². The molecule has 0 saturated carbocycles. The summed E-state index contributed by atoms with van der Waals surface area (Å²) in [5, 5.41) is 2.82. The zero-order chi connectivity index (χ0) is 24.4. The van der Waals surface area contributed by atoms with Gasteiger partial charge >= 0.3 is 5.69 Å². The third-order valence-corrected chi connectivity index (χ3v) is 5.78. The number of anilines is 4. The topological polar surface area (TPSA) is 134 Å². The molecule has 0 aliphatic carbocycles. The lowest BCUT2D eigenvalue weighted by atomic mass is 10.1. The molecule has 2 heterocycles. The largest absolute Gasteiger partial charge is 0.383 e. The standard InChI is InChI=1S/C24H26N6O4/c1-15-12-19(31)26-17-10-6-7-11-18(17)30(15)20(32)14-28(2)21-22(25)29(24(34)27-23(21)33)13-16-8-4-3-5-9-16/h3-11,15H,12-14,25H2,1-2H3,(H,26,31)(H,27,33,34). The minimum atomic E-state index is -0.678. The number of hydrogen-bond acceptors (Lipinski definition) is 6. The molecule has 176 valence electrons. The first kappa shape index (κ1) is 22.8. The van der Waals surface area contributed by atoms with E-state index in [1.807, 2.05) is 30.3 Å². The third-order valence-electron chi connectivity index (χ3n) is 5.78. The fourth-order valence-electron chi connectivity index (χ4n) is 4.20. The van der Waals surface area contributed by atoms with Crippen molar-refractivity contribution in [2.75, 3.05) is 34.4 Å². The van der Waals surface area contributed by atoms with Gasteiger partial charge in [-0.1, -0.05) is 42.5 Å². The second-order valence-electron chi connectivity index (χ2n) is 8.30. The minimum absolute atomic E-state index is 0.0221. The number of nitrogens with zero attached hydrogens (tertiary/aromatic N) is 3. The maximum Gasteiger partial charge on any atom is 0.330 e. The fourth-order valence-corrected chi connectivity index (χ4v) is 4.20. The Morgan fingerprint density at radius 1 is 1.09 bits per heavy atom. The predicted octanol–water partition coefficient (Wildman–Crippen LogP) is 1.37. The van der Waals surface area contributed by atoms with Gasteiger partial charge in [0.1, 0.15) is 11.5 Å². The molecule has 1 aliphatic rings. The van der Waals surface area contributed by atoms with Gasteiger partial charge in [0.25, 0.3) is 5.56 Å². The summed E-state index contributed by atoms with van der Waals surface area (Å²) < 4.78 is 1.26. The molecule has 1 unspecified atom stereocenters. The van der Waals surface area contributed by atoms with E-state index < -0.39 is 17.3 Å². The second kappa shape index (κ2) is 9.26. The van der Waals surface area contributed by atoms with Gasteiger partial charge in [0, 0.05) is 19.5 Å². The van der Waals surface area contributed by atoms with Crippen LogP contribution >= 0.6 is 0 Å². The van der Waals surface area contributed by atoms with Crippen LogP contribution in [-0.2, 0) is 16.1 Å². The minimum Gasteiger partial charge on any atom is -0.383 e. The van der Waals surface area contributed by atoms with Gasteiger partial charge in [-0.3, -0.25) is 23.9 Å². The van der Waals surface area contributed by atoms with Crippen LogP contribution in [0.3, 0.4) is 0 Å². The number of hydrogen-bond donors (Lipinski definition) is 3. The van der Waals surface area contributed by atoms with Gasteiger partial charge in [-0.2, -0.15) is 0 Å². The van der Waals surface area contributed by atoms with Crippen molar-refractivity contribution in [3.8, 4) is 0 Å². The summed E-state index contributed by atoms with van der Waals surface area (Å²) in [6, 6.07) is 15.9. The highest BCUT2D eigenvalue weighted by Crippen LogP contribution is 2.31. The van der Waals surface area contributed by atoms with Crippen molar-refractivity contribution in [3.05, 3.63) is 81.0 Å². The van der Waals surface area contributed by atoms with Crippen LogP contribution in [0.4, 0.5) is 22.9 Å². The summed E-state index contributed by atoms with van der Waals surface area (Å²) >= 11 is 0. The maximum absolute atomic E-state index is 13.4. The summed E-state index contributed by atoms with van der Waals surface area (Å²) in [4.78, 5) is 56.0. The first-order chi connectivity index (χ1) is 16.3. The molecule has 1 atom stereocenters. The molecule has 1 aromatic heterocycles. The van der Waals surface area contributed by atoms with Crippen LogP contribution in [0.15, 0.2) is 64.2 Å². The third kappa shape index (κ3) is 4.42. The van der Waals surface area contributed by atoms with E-state index in [2.05, 4.69) is 10.3 Å². The average Bonchev–Trinajstić information content (AvgIpc) is 2.91. The molecule has 0 saturated heterocycles. The molecule has 1 aliphatic heterocycles. The van der Waals surface area contributed by atoms with E-state index in [0.717, 1.165) is 5.56 Å². The molecule has 4 rings (SSSR count). The maximum atomic E-state index is 13.4. The van der Waals surface area contributed by atoms with Gasteiger partial charge in [-0.15, -0.1) is 0 Å². The zero-order valence-corrected chi connectivity index (χ0v) is 18.9. The molecule has 0 bridgehead atoms. The van der Waals surface area contributed by atoms with Crippen LogP contribution in [0.5, 0.6) is 0 Å². The van der Waals surface area contributed by atoms with Crippen LogP contribution in [0.2, 0.25) is 0 Å². The SMILES string of the molecule is CC1CC(=O)Nc2ccccc2N1C(=O)CN(C)c1c(N)n(Cc2ccccc2)c(=O)[nH]c1=O. The van der Waals surface area contributed by atoms with Gasteiger partial charge in [0.2, 0.25) is 11.8 Å². The number of carbonyl (C=O) groups excluding carboxylic acids is 2. The molecule has 34 heavy (non-hydrogen) atoms. The average molecular weight is 463 g/mol. The molecule has 2 amide bonds. The van der Waals surface area contributed by atoms with Gasteiger partial charge in [-0.05, 0) is 24.6 Å². The number of aromatic nitrogens is 2. The van der Waals surface area contributed by atoms with Crippen LogP contribution in [0.25, 0.3) is 0 Å². The van der Waals surface area contributed by atoms with Crippen LogP contribution in [-0.4, -0.2) is 41.0 Å². The highest BCUT2D eigenvalue weighted by atomic mass is 16.2. The highest BCUT2D eigenvalue weighted by Gasteiger charge is 2.30. The Hall–Kier alpha value is -4.34. The molecule has 0 radical (unpaired) electrons. The number of amides is 2. The highest BCUT2D eigenvalue weighted by molar-refractivity contribution is 6.05. The summed E-state index contributed by atoms with van der Waals surface area (Å²) in [5.74, 6) is -0.537.